The Hall–Kier alpha value is -2.44. The van der Waals surface area contributed by atoms with Gasteiger partial charge in [-0.3, -0.25) is 14.7 Å². The second-order valence-electron chi connectivity index (χ2n) is 7.08. The molecule has 6 nitrogen and oxygen atoms in total. The van der Waals surface area contributed by atoms with Crippen molar-refractivity contribution >= 4 is 5.91 Å². The number of aryl methyl sites for hydroxylation is 1. The van der Waals surface area contributed by atoms with Crippen LogP contribution in [0.3, 0.4) is 0 Å². The SMILES string of the molecule is Cc1cccc(OCC(=O)N(CCCN2CCOCC2)Cc2ccncc2)c1. The average Bonchev–Trinajstić information content (AvgIpc) is 2.73. The molecule has 0 radical (unpaired) electrons. The first kappa shape index (κ1) is 20.3. The van der Waals surface area contributed by atoms with Gasteiger partial charge in [0.2, 0.25) is 0 Å². The second kappa shape index (κ2) is 10.8. The van der Waals surface area contributed by atoms with E-state index in [0.29, 0.717) is 13.1 Å². The van der Waals surface area contributed by atoms with Crippen LogP contribution in [-0.4, -0.2) is 66.7 Å². The molecule has 1 saturated heterocycles. The zero-order valence-corrected chi connectivity index (χ0v) is 16.5. The fraction of sp³-hybridized carbons (Fsp3) is 0.455. The van der Waals surface area contributed by atoms with Crippen molar-refractivity contribution < 1.29 is 14.3 Å². The lowest BCUT2D eigenvalue weighted by Gasteiger charge is -2.28. The van der Waals surface area contributed by atoms with Crippen LogP contribution in [0.5, 0.6) is 5.75 Å². The lowest BCUT2D eigenvalue weighted by molar-refractivity contribution is -0.134. The zero-order chi connectivity index (χ0) is 19.6. The summed E-state index contributed by atoms with van der Waals surface area (Å²) in [6.45, 7) is 7.83. The van der Waals surface area contributed by atoms with Crippen molar-refractivity contribution in [3.05, 3.63) is 59.9 Å². The minimum Gasteiger partial charge on any atom is -0.484 e. The van der Waals surface area contributed by atoms with E-state index in [4.69, 9.17) is 9.47 Å². The molecule has 150 valence electrons. The molecule has 6 heteroatoms. The highest BCUT2D eigenvalue weighted by Crippen LogP contribution is 2.13. The fourth-order valence-corrected chi connectivity index (χ4v) is 3.25. The molecular formula is C22H29N3O3. The molecule has 0 atom stereocenters. The van der Waals surface area contributed by atoms with E-state index in [1.54, 1.807) is 12.4 Å². The maximum atomic E-state index is 12.8. The molecule has 1 amide bonds. The van der Waals surface area contributed by atoms with Gasteiger partial charge in [0.15, 0.2) is 6.61 Å². The summed E-state index contributed by atoms with van der Waals surface area (Å²) >= 11 is 0. The molecule has 0 bridgehead atoms. The van der Waals surface area contributed by atoms with Crippen LogP contribution in [0.15, 0.2) is 48.8 Å². The molecule has 2 aromatic rings. The molecule has 28 heavy (non-hydrogen) atoms. The minimum atomic E-state index is 0.000274. The van der Waals surface area contributed by atoms with Gasteiger partial charge < -0.3 is 14.4 Å². The van der Waals surface area contributed by atoms with Crippen LogP contribution in [0.4, 0.5) is 0 Å². The summed E-state index contributed by atoms with van der Waals surface area (Å²) in [5, 5.41) is 0. The number of benzene rings is 1. The van der Waals surface area contributed by atoms with Gasteiger partial charge in [0.05, 0.1) is 13.2 Å². The van der Waals surface area contributed by atoms with Crippen molar-refractivity contribution in [3.8, 4) is 5.75 Å². The number of ether oxygens (including phenoxy) is 2. The number of pyridine rings is 1. The molecular weight excluding hydrogens is 354 g/mol. The van der Waals surface area contributed by atoms with Gasteiger partial charge in [0.25, 0.3) is 5.91 Å². The van der Waals surface area contributed by atoms with Crippen LogP contribution in [-0.2, 0) is 16.1 Å². The summed E-state index contributed by atoms with van der Waals surface area (Å²) in [6.07, 6.45) is 4.45. The quantitative estimate of drug-likeness (QED) is 0.666. The summed E-state index contributed by atoms with van der Waals surface area (Å²) in [6, 6.07) is 11.7. The predicted octanol–water partition coefficient (Wildman–Crippen LogP) is 2.52. The third kappa shape index (κ3) is 6.62. The summed E-state index contributed by atoms with van der Waals surface area (Å²) in [4.78, 5) is 21.2. The van der Waals surface area contributed by atoms with Gasteiger partial charge in [-0.25, -0.2) is 0 Å². The fourth-order valence-electron chi connectivity index (χ4n) is 3.25. The number of hydrogen-bond donors (Lipinski definition) is 0. The predicted molar refractivity (Wildman–Crippen MR) is 108 cm³/mol. The van der Waals surface area contributed by atoms with E-state index in [-0.39, 0.29) is 12.5 Å². The number of morpholine rings is 1. The maximum Gasteiger partial charge on any atom is 0.260 e. The van der Waals surface area contributed by atoms with Crippen LogP contribution in [0.25, 0.3) is 0 Å². The Kier molecular flexibility index (Phi) is 7.82. The molecule has 1 aliphatic heterocycles. The highest BCUT2D eigenvalue weighted by molar-refractivity contribution is 5.77. The van der Waals surface area contributed by atoms with Crippen LogP contribution < -0.4 is 4.74 Å². The second-order valence-corrected chi connectivity index (χ2v) is 7.08. The van der Waals surface area contributed by atoms with Crippen LogP contribution in [0.1, 0.15) is 17.5 Å². The van der Waals surface area contributed by atoms with Crippen molar-refractivity contribution in [2.24, 2.45) is 0 Å². The van der Waals surface area contributed by atoms with Gasteiger partial charge in [-0.05, 0) is 48.7 Å². The first-order valence-corrected chi connectivity index (χ1v) is 9.87. The van der Waals surface area contributed by atoms with Crippen molar-refractivity contribution in [1.29, 1.82) is 0 Å². The van der Waals surface area contributed by atoms with Gasteiger partial charge in [0, 0.05) is 45.1 Å². The van der Waals surface area contributed by atoms with Crippen LogP contribution in [0.2, 0.25) is 0 Å². The molecule has 1 aromatic carbocycles. The van der Waals surface area contributed by atoms with E-state index >= 15 is 0 Å². The summed E-state index contributed by atoms with van der Waals surface area (Å²) < 4.78 is 11.1. The first-order chi connectivity index (χ1) is 13.7. The zero-order valence-electron chi connectivity index (χ0n) is 16.5. The van der Waals surface area contributed by atoms with Gasteiger partial charge in [-0.1, -0.05) is 12.1 Å². The Morgan fingerprint density at radius 1 is 1.21 bits per heavy atom. The third-order valence-corrected chi connectivity index (χ3v) is 4.83. The van der Waals surface area contributed by atoms with Crippen molar-refractivity contribution in [2.75, 3.05) is 46.0 Å². The van der Waals surface area contributed by atoms with Crippen molar-refractivity contribution in [3.63, 3.8) is 0 Å². The number of hydrogen-bond acceptors (Lipinski definition) is 5. The van der Waals surface area contributed by atoms with E-state index in [1.165, 1.54) is 0 Å². The molecule has 2 heterocycles. The Bertz CT molecular complexity index is 733. The molecule has 0 saturated carbocycles. The number of carbonyl (C=O) groups is 1. The van der Waals surface area contributed by atoms with Gasteiger partial charge >= 0.3 is 0 Å². The highest BCUT2D eigenvalue weighted by Gasteiger charge is 2.16. The molecule has 1 aliphatic rings. The van der Waals surface area contributed by atoms with Gasteiger partial charge in [-0.2, -0.15) is 0 Å². The number of rotatable bonds is 9. The number of nitrogens with zero attached hydrogens (tertiary/aromatic N) is 3. The lowest BCUT2D eigenvalue weighted by atomic mass is 10.2. The Morgan fingerprint density at radius 2 is 2.00 bits per heavy atom. The molecule has 1 aromatic heterocycles. The number of carbonyl (C=O) groups excluding carboxylic acids is 1. The van der Waals surface area contributed by atoms with Gasteiger partial charge in [0.1, 0.15) is 5.75 Å². The largest absolute Gasteiger partial charge is 0.484 e. The lowest BCUT2D eigenvalue weighted by Crippen LogP contribution is -2.40. The van der Waals surface area contributed by atoms with E-state index in [0.717, 1.165) is 56.1 Å². The molecule has 0 spiro atoms. The summed E-state index contributed by atoms with van der Waals surface area (Å²) in [5.41, 5.74) is 2.19. The summed E-state index contributed by atoms with van der Waals surface area (Å²) in [5.74, 6) is 0.728. The Balaban J connectivity index is 1.55. The molecule has 0 N–H and O–H groups in total. The molecule has 1 fully saturated rings. The maximum absolute atomic E-state index is 12.8. The number of amides is 1. The molecule has 0 unspecified atom stereocenters. The van der Waals surface area contributed by atoms with E-state index in [2.05, 4.69) is 9.88 Å². The molecule has 0 aliphatic carbocycles. The third-order valence-electron chi connectivity index (χ3n) is 4.83. The highest BCUT2D eigenvalue weighted by atomic mass is 16.5. The normalized spacial score (nSPS) is 14.6. The van der Waals surface area contributed by atoms with Gasteiger partial charge in [-0.15, -0.1) is 0 Å². The van der Waals surface area contributed by atoms with Crippen molar-refractivity contribution in [1.82, 2.24) is 14.8 Å². The Labute approximate surface area is 167 Å². The minimum absolute atomic E-state index is 0.000274. The first-order valence-electron chi connectivity index (χ1n) is 9.87. The van der Waals surface area contributed by atoms with Crippen LogP contribution >= 0.6 is 0 Å². The number of aromatic nitrogens is 1. The Morgan fingerprint density at radius 3 is 2.75 bits per heavy atom. The molecule has 3 rings (SSSR count). The standard InChI is InChI=1S/C22H29N3O3/c1-19-4-2-5-21(16-19)28-18-22(26)25(17-20-6-8-23-9-7-20)11-3-10-24-12-14-27-15-13-24/h2,4-9,16H,3,10-15,17-18H2,1H3. The average molecular weight is 383 g/mol. The topological polar surface area (TPSA) is 54.9 Å². The van der Waals surface area contributed by atoms with E-state index in [1.807, 2.05) is 48.2 Å². The monoisotopic (exact) mass is 383 g/mol. The van der Waals surface area contributed by atoms with Crippen LogP contribution in [0, 0.1) is 6.92 Å². The summed E-state index contributed by atoms with van der Waals surface area (Å²) in [7, 11) is 0. The smallest absolute Gasteiger partial charge is 0.260 e. The van der Waals surface area contributed by atoms with E-state index in [9.17, 15) is 4.79 Å². The van der Waals surface area contributed by atoms with Crippen molar-refractivity contribution in [2.45, 2.75) is 19.9 Å². The van der Waals surface area contributed by atoms with E-state index < -0.39 is 0 Å².